The van der Waals surface area contributed by atoms with E-state index >= 15 is 0 Å². The normalized spacial score (nSPS) is 17.7. The molecule has 1 aromatic carbocycles. The molecule has 224 valence electrons. The van der Waals surface area contributed by atoms with Crippen LogP contribution in [0.3, 0.4) is 0 Å². The van der Waals surface area contributed by atoms with Crippen LogP contribution in [-0.2, 0) is 17.8 Å². The van der Waals surface area contributed by atoms with Crippen molar-refractivity contribution in [1.82, 2.24) is 20.5 Å². The molecule has 3 N–H and O–H groups in total. The first-order valence-corrected chi connectivity index (χ1v) is 15.5. The lowest BCUT2D eigenvalue weighted by Crippen LogP contribution is -2.47. The topological polar surface area (TPSA) is 97.5 Å². The van der Waals surface area contributed by atoms with Gasteiger partial charge in [0.1, 0.15) is 11.7 Å². The van der Waals surface area contributed by atoms with Gasteiger partial charge in [0, 0.05) is 56.1 Å². The Bertz CT molecular complexity index is 1210. The van der Waals surface area contributed by atoms with E-state index in [9.17, 15) is 14.4 Å². The Labute approximate surface area is 245 Å². The molecular formula is C33H49N5O3. The average Bonchev–Trinajstić information content (AvgIpc) is 3.28. The van der Waals surface area contributed by atoms with Gasteiger partial charge in [-0.15, -0.1) is 0 Å². The number of aromatic amines is 1. The first-order chi connectivity index (χ1) is 19.6. The summed E-state index contributed by atoms with van der Waals surface area (Å²) in [4.78, 5) is 47.5. The van der Waals surface area contributed by atoms with Crippen LogP contribution < -0.4 is 15.5 Å². The number of aromatic nitrogens is 1. The second-order valence-electron chi connectivity index (χ2n) is 12.7. The molecule has 8 heteroatoms. The molecule has 2 aromatic rings. The maximum Gasteiger partial charge on any atom is 0.268 e. The number of hydrogen-bond donors (Lipinski definition) is 3. The van der Waals surface area contributed by atoms with Crippen LogP contribution in [0.5, 0.6) is 0 Å². The highest BCUT2D eigenvalue weighted by Gasteiger charge is 2.35. The summed E-state index contributed by atoms with van der Waals surface area (Å²) in [6.07, 6.45) is 5.99. The summed E-state index contributed by atoms with van der Waals surface area (Å²) in [5.74, 6) is -0.451. The third-order valence-electron chi connectivity index (χ3n) is 8.56. The van der Waals surface area contributed by atoms with Crippen LogP contribution >= 0.6 is 0 Å². The molecule has 0 bridgehead atoms. The minimum atomic E-state index is -0.641. The van der Waals surface area contributed by atoms with Crippen molar-refractivity contribution in [2.45, 2.75) is 92.2 Å². The van der Waals surface area contributed by atoms with Crippen LogP contribution in [0, 0.1) is 12.3 Å². The van der Waals surface area contributed by atoms with Gasteiger partial charge in [-0.3, -0.25) is 19.3 Å². The van der Waals surface area contributed by atoms with E-state index in [0.29, 0.717) is 36.2 Å². The number of piperazine rings is 1. The molecule has 1 saturated heterocycles. The monoisotopic (exact) mass is 563 g/mol. The Morgan fingerprint density at radius 1 is 1.00 bits per heavy atom. The van der Waals surface area contributed by atoms with Gasteiger partial charge in [0.15, 0.2) is 5.78 Å². The fraction of sp³-hybridized carbons (Fsp3) is 0.606. The quantitative estimate of drug-likeness (QED) is 0.338. The zero-order chi connectivity index (χ0) is 29.6. The molecule has 1 atom stereocenters. The highest BCUT2D eigenvalue weighted by Crippen LogP contribution is 2.36. The van der Waals surface area contributed by atoms with Crippen molar-refractivity contribution < 1.29 is 14.4 Å². The Balaban J connectivity index is 1.34. The number of nitrogens with one attached hydrogen (secondary N) is 3. The van der Waals surface area contributed by atoms with E-state index < -0.39 is 6.04 Å². The molecule has 0 spiro atoms. The van der Waals surface area contributed by atoms with Gasteiger partial charge in [0.2, 0.25) is 5.91 Å². The average molecular weight is 564 g/mol. The van der Waals surface area contributed by atoms with Gasteiger partial charge in [-0.05, 0) is 61.4 Å². The zero-order valence-corrected chi connectivity index (χ0v) is 25.7. The SMILES string of the molecule is CCCC[C@H](NC(=O)c1[nH]c2c(c1C)C(=O)CC(C)(C)C2)C(=O)NCc1ccc(N2CCN(CCCC)CC2)cc1. The zero-order valence-electron chi connectivity index (χ0n) is 25.7. The molecule has 4 rings (SSSR count). The van der Waals surface area contributed by atoms with Gasteiger partial charge in [0.05, 0.1) is 0 Å². The van der Waals surface area contributed by atoms with Crippen LogP contribution in [0.1, 0.15) is 104 Å². The lowest BCUT2D eigenvalue weighted by Gasteiger charge is -2.36. The minimum Gasteiger partial charge on any atom is -0.369 e. The van der Waals surface area contributed by atoms with Crippen molar-refractivity contribution in [2.75, 3.05) is 37.6 Å². The molecule has 8 nitrogen and oxygen atoms in total. The van der Waals surface area contributed by atoms with Crippen LogP contribution in [0.15, 0.2) is 24.3 Å². The van der Waals surface area contributed by atoms with E-state index in [1.807, 2.05) is 6.92 Å². The molecule has 0 radical (unpaired) electrons. The van der Waals surface area contributed by atoms with Crippen LogP contribution in [0.25, 0.3) is 0 Å². The Kier molecular flexibility index (Phi) is 10.3. The predicted octanol–water partition coefficient (Wildman–Crippen LogP) is 5.01. The van der Waals surface area contributed by atoms with E-state index in [2.05, 4.69) is 77.4 Å². The number of Topliss-reactive ketones (excluding diaryl/α,β-unsaturated/α-hetero) is 1. The molecule has 1 aliphatic heterocycles. The molecular weight excluding hydrogens is 514 g/mol. The number of ketones is 1. The standard InChI is InChI=1S/C33H49N5O3/c1-6-8-10-26(36-32(41)30-23(3)29-27(35-30)20-33(4,5)21-28(29)39)31(40)34-22-24-11-13-25(14-12-24)38-18-16-37(17-19-38)15-9-7-2/h11-14,26,35H,6-10,15-22H2,1-5H3,(H,34,40)(H,36,41)/t26-/m0/s1. The van der Waals surface area contributed by atoms with Crippen molar-refractivity contribution in [1.29, 1.82) is 0 Å². The first-order valence-electron chi connectivity index (χ1n) is 15.5. The fourth-order valence-corrected chi connectivity index (χ4v) is 6.12. The molecule has 2 aliphatic rings. The number of carbonyl (C=O) groups excluding carboxylic acids is 3. The van der Waals surface area contributed by atoms with Gasteiger partial charge in [-0.2, -0.15) is 0 Å². The molecule has 1 aromatic heterocycles. The van der Waals surface area contributed by atoms with E-state index in [1.165, 1.54) is 25.1 Å². The molecule has 2 heterocycles. The number of hydrogen-bond acceptors (Lipinski definition) is 5. The molecule has 1 aliphatic carbocycles. The predicted molar refractivity (Wildman–Crippen MR) is 165 cm³/mol. The first kappa shape index (κ1) is 30.8. The Morgan fingerprint density at radius 3 is 2.34 bits per heavy atom. The van der Waals surface area contributed by atoms with Crippen molar-refractivity contribution in [3.8, 4) is 0 Å². The highest BCUT2D eigenvalue weighted by molar-refractivity contribution is 6.05. The van der Waals surface area contributed by atoms with Gasteiger partial charge >= 0.3 is 0 Å². The number of anilines is 1. The number of unbranched alkanes of at least 4 members (excludes halogenated alkanes) is 2. The number of carbonyl (C=O) groups is 3. The summed E-state index contributed by atoms with van der Waals surface area (Å²) in [7, 11) is 0. The number of benzene rings is 1. The largest absolute Gasteiger partial charge is 0.369 e. The second-order valence-corrected chi connectivity index (χ2v) is 12.7. The van der Waals surface area contributed by atoms with Crippen LogP contribution in [0.2, 0.25) is 0 Å². The van der Waals surface area contributed by atoms with E-state index in [0.717, 1.165) is 56.7 Å². The van der Waals surface area contributed by atoms with Crippen molar-refractivity contribution >= 4 is 23.3 Å². The van der Waals surface area contributed by atoms with Crippen molar-refractivity contribution in [2.24, 2.45) is 5.41 Å². The summed E-state index contributed by atoms with van der Waals surface area (Å²) in [5.41, 5.74) is 4.64. The Morgan fingerprint density at radius 2 is 1.68 bits per heavy atom. The summed E-state index contributed by atoms with van der Waals surface area (Å²) in [5, 5.41) is 5.99. The lowest BCUT2D eigenvalue weighted by atomic mass is 9.75. The molecule has 2 amide bonds. The highest BCUT2D eigenvalue weighted by atomic mass is 16.2. The summed E-state index contributed by atoms with van der Waals surface area (Å²) >= 11 is 0. The summed E-state index contributed by atoms with van der Waals surface area (Å²) in [6, 6.07) is 7.78. The van der Waals surface area contributed by atoms with E-state index in [-0.39, 0.29) is 23.0 Å². The molecule has 41 heavy (non-hydrogen) atoms. The van der Waals surface area contributed by atoms with E-state index in [4.69, 9.17) is 0 Å². The molecule has 1 fully saturated rings. The molecule has 0 unspecified atom stereocenters. The number of fused-ring (bicyclic) bond motifs is 1. The smallest absolute Gasteiger partial charge is 0.268 e. The fourth-order valence-electron chi connectivity index (χ4n) is 6.12. The van der Waals surface area contributed by atoms with Gasteiger partial charge in [0.25, 0.3) is 5.91 Å². The third kappa shape index (κ3) is 7.79. The van der Waals surface area contributed by atoms with Crippen molar-refractivity contribution in [3.63, 3.8) is 0 Å². The minimum absolute atomic E-state index is 0.0737. The van der Waals surface area contributed by atoms with E-state index in [1.54, 1.807) is 0 Å². The van der Waals surface area contributed by atoms with Gasteiger partial charge < -0.3 is 20.5 Å². The third-order valence-corrected chi connectivity index (χ3v) is 8.56. The summed E-state index contributed by atoms with van der Waals surface area (Å²) < 4.78 is 0. The second kappa shape index (κ2) is 13.7. The lowest BCUT2D eigenvalue weighted by molar-refractivity contribution is -0.123. The van der Waals surface area contributed by atoms with Crippen molar-refractivity contribution in [3.05, 3.63) is 52.3 Å². The number of rotatable bonds is 12. The van der Waals surface area contributed by atoms with Gasteiger partial charge in [-0.25, -0.2) is 0 Å². The van der Waals surface area contributed by atoms with Crippen LogP contribution in [-0.4, -0.2) is 66.2 Å². The maximum atomic E-state index is 13.3. The Hall–Kier alpha value is -3.13. The number of amides is 2. The summed E-state index contributed by atoms with van der Waals surface area (Å²) in [6.45, 7) is 16.1. The maximum absolute atomic E-state index is 13.3. The van der Waals surface area contributed by atoms with Crippen LogP contribution in [0.4, 0.5) is 5.69 Å². The number of nitrogens with zero attached hydrogens (tertiary/aromatic N) is 2. The number of H-pyrrole nitrogens is 1. The molecule has 0 saturated carbocycles. The van der Waals surface area contributed by atoms with Gasteiger partial charge in [-0.1, -0.05) is 59.1 Å².